The Morgan fingerprint density at radius 3 is 2.64 bits per heavy atom. The van der Waals surface area contributed by atoms with Crippen LogP contribution in [0, 0.1) is 11.3 Å². The summed E-state index contributed by atoms with van der Waals surface area (Å²) in [4.78, 5) is 22.2. The summed E-state index contributed by atoms with van der Waals surface area (Å²) in [5.41, 5.74) is 1.61. The molecule has 0 bridgehead atoms. The van der Waals surface area contributed by atoms with Gasteiger partial charge in [-0.25, -0.2) is 0 Å². The largest absolute Gasteiger partial charge is 0.494 e. The van der Waals surface area contributed by atoms with E-state index >= 15 is 0 Å². The molecule has 1 fully saturated rings. The average Bonchev–Trinajstić information content (AvgIpc) is 2.66. The van der Waals surface area contributed by atoms with Gasteiger partial charge >= 0.3 is 5.97 Å². The molecule has 0 unspecified atom stereocenters. The number of allylic oxidation sites excluding steroid dienone is 1. The van der Waals surface area contributed by atoms with Crippen LogP contribution in [-0.2, 0) is 14.3 Å². The second-order valence-corrected chi connectivity index (χ2v) is 7.77. The highest BCUT2D eigenvalue weighted by atomic mass is 16.5. The molecule has 0 heterocycles. The number of carboxylic acids is 1. The van der Waals surface area contributed by atoms with Gasteiger partial charge in [-0.15, -0.1) is 0 Å². The predicted octanol–water partition coefficient (Wildman–Crippen LogP) is 3.54. The van der Waals surface area contributed by atoms with Crippen LogP contribution in [0.1, 0.15) is 50.5 Å². The average molecular weight is 390 g/mol. The van der Waals surface area contributed by atoms with Gasteiger partial charge in [-0.2, -0.15) is 0 Å². The van der Waals surface area contributed by atoms with E-state index in [1.54, 1.807) is 0 Å². The minimum Gasteiger partial charge on any atom is -0.494 e. The molecule has 1 saturated carbocycles. The lowest BCUT2D eigenvalue weighted by atomic mass is 9.61. The molecule has 1 aromatic rings. The lowest BCUT2D eigenvalue weighted by Crippen LogP contribution is -2.38. The van der Waals surface area contributed by atoms with E-state index in [1.807, 2.05) is 31.2 Å². The number of ether oxygens (including phenoxy) is 2. The molecule has 1 aromatic carbocycles. The van der Waals surface area contributed by atoms with E-state index in [-0.39, 0.29) is 31.5 Å². The van der Waals surface area contributed by atoms with Crippen LogP contribution in [0.4, 0.5) is 0 Å². The lowest BCUT2D eigenvalue weighted by Gasteiger charge is -2.44. The highest BCUT2D eigenvalue weighted by Gasteiger charge is 2.43. The van der Waals surface area contributed by atoms with Gasteiger partial charge in [-0.1, -0.05) is 24.3 Å². The van der Waals surface area contributed by atoms with E-state index < -0.39 is 11.4 Å². The van der Waals surface area contributed by atoms with Crippen LogP contribution in [0.25, 0.3) is 0 Å². The first kappa shape index (κ1) is 22.0. The molecule has 154 valence electrons. The Bertz CT molecular complexity index is 668. The number of aliphatic hydroxyl groups excluding tert-OH is 1. The maximum atomic E-state index is 11.5. The number of carbonyl (C=O) groups is 2. The van der Waals surface area contributed by atoms with Crippen molar-refractivity contribution in [3.05, 3.63) is 42.0 Å². The molecule has 6 heteroatoms. The van der Waals surface area contributed by atoms with Gasteiger partial charge < -0.3 is 19.7 Å². The third kappa shape index (κ3) is 5.83. The van der Waals surface area contributed by atoms with E-state index in [0.717, 1.165) is 23.3 Å². The number of rotatable bonds is 11. The SMILES string of the molecule is C=C(C)[C@@H]1CC[C@@](COC=O)(CC(=O)O)C[C@H]1c1ccc(OCCCO)cc1. The van der Waals surface area contributed by atoms with Gasteiger partial charge in [0, 0.05) is 18.4 Å². The first-order valence-corrected chi connectivity index (χ1v) is 9.67. The van der Waals surface area contributed by atoms with Gasteiger partial charge in [0.2, 0.25) is 0 Å². The molecule has 28 heavy (non-hydrogen) atoms. The Labute approximate surface area is 166 Å². The zero-order chi connectivity index (χ0) is 20.6. The first-order valence-electron chi connectivity index (χ1n) is 9.67. The van der Waals surface area contributed by atoms with Gasteiger partial charge in [-0.3, -0.25) is 9.59 Å². The molecule has 0 aliphatic heterocycles. The van der Waals surface area contributed by atoms with Gasteiger partial charge in [0.15, 0.2) is 0 Å². The van der Waals surface area contributed by atoms with E-state index in [9.17, 15) is 14.7 Å². The number of hydrogen-bond donors (Lipinski definition) is 2. The summed E-state index contributed by atoms with van der Waals surface area (Å²) >= 11 is 0. The van der Waals surface area contributed by atoms with Crippen LogP contribution < -0.4 is 4.74 Å². The van der Waals surface area contributed by atoms with Gasteiger partial charge in [0.1, 0.15) is 5.75 Å². The zero-order valence-corrected chi connectivity index (χ0v) is 16.4. The number of aliphatic carboxylic acids is 1. The van der Waals surface area contributed by atoms with Crippen molar-refractivity contribution in [1.82, 2.24) is 0 Å². The number of carbonyl (C=O) groups excluding carboxylic acids is 1. The topological polar surface area (TPSA) is 93.1 Å². The molecular weight excluding hydrogens is 360 g/mol. The van der Waals surface area contributed by atoms with Crippen LogP contribution in [-0.4, -0.2) is 42.5 Å². The van der Waals surface area contributed by atoms with E-state index in [2.05, 4.69) is 6.58 Å². The highest BCUT2D eigenvalue weighted by Crippen LogP contribution is 2.51. The minimum absolute atomic E-state index is 0.0252. The molecular formula is C22H30O6. The van der Waals surface area contributed by atoms with Crippen LogP contribution in [0.2, 0.25) is 0 Å². The lowest BCUT2D eigenvalue weighted by molar-refractivity contribution is -0.145. The monoisotopic (exact) mass is 390 g/mol. The fourth-order valence-electron chi connectivity index (χ4n) is 4.25. The fourth-order valence-corrected chi connectivity index (χ4v) is 4.25. The molecule has 0 spiro atoms. The number of hydrogen-bond acceptors (Lipinski definition) is 5. The van der Waals surface area contributed by atoms with Crippen molar-refractivity contribution in [2.24, 2.45) is 11.3 Å². The first-order chi connectivity index (χ1) is 13.4. The third-order valence-electron chi connectivity index (χ3n) is 5.62. The van der Waals surface area contributed by atoms with Gasteiger partial charge in [0.05, 0.1) is 19.6 Å². The molecule has 0 saturated heterocycles. The van der Waals surface area contributed by atoms with Crippen molar-refractivity contribution in [1.29, 1.82) is 0 Å². The Morgan fingerprint density at radius 1 is 1.36 bits per heavy atom. The summed E-state index contributed by atoms with van der Waals surface area (Å²) in [5.74, 6) is 0.210. The van der Waals surface area contributed by atoms with Crippen molar-refractivity contribution < 1.29 is 29.3 Å². The van der Waals surface area contributed by atoms with Crippen molar-refractivity contribution in [3.8, 4) is 5.75 Å². The van der Waals surface area contributed by atoms with Crippen molar-refractivity contribution in [2.75, 3.05) is 19.8 Å². The van der Waals surface area contributed by atoms with Crippen molar-refractivity contribution in [3.63, 3.8) is 0 Å². The maximum absolute atomic E-state index is 11.5. The second-order valence-electron chi connectivity index (χ2n) is 7.77. The smallest absolute Gasteiger partial charge is 0.304 e. The maximum Gasteiger partial charge on any atom is 0.304 e. The van der Waals surface area contributed by atoms with Crippen LogP contribution in [0.15, 0.2) is 36.4 Å². The van der Waals surface area contributed by atoms with Crippen LogP contribution in [0.3, 0.4) is 0 Å². The Balaban J connectivity index is 2.24. The molecule has 0 aromatic heterocycles. The molecule has 0 amide bonds. The predicted molar refractivity (Wildman–Crippen MR) is 105 cm³/mol. The van der Waals surface area contributed by atoms with E-state index in [4.69, 9.17) is 14.6 Å². The molecule has 0 radical (unpaired) electrons. The Hall–Kier alpha value is -2.34. The zero-order valence-electron chi connectivity index (χ0n) is 16.4. The van der Waals surface area contributed by atoms with E-state index in [1.165, 1.54) is 0 Å². The third-order valence-corrected chi connectivity index (χ3v) is 5.62. The number of benzene rings is 1. The van der Waals surface area contributed by atoms with Crippen LogP contribution >= 0.6 is 0 Å². The standard InChI is InChI=1S/C22H30O6/c1-16(2)19-8-9-22(13-21(25)26,14-27-15-24)12-20(19)17-4-6-18(7-5-17)28-11-3-10-23/h4-7,15,19-20,23H,1,3,8-14H2,2H3,(H,25,26)/t19-,20-,22-/m0/s1. The molecule has 6 nitrogen and oxygen atoms in total. The summed E-state index contributed by atoms with van der Waals surface area (Å²) < 4.78 is 10.6. The summed E-state index contributed by atoms with van der Waals surface area (Å²) in [7, 11) is 0. The highest BCUT2D eigenvalue weighted by molar-refractivity contribution is 5.67. The van der Waals surface area contributed by atoms with E-state index in [0.29, 0.717) is 32.3 Å². The van der Waals surface area contributed by atoms with Gasteiger partial charge in [0.25, 0.3) is 6.47 Å². The Morgan fingerprint density at radius 2 is 2.07 bits per heavy atom. The molecule has 1 aliphatic carbocycles. The molecule has 1 aliphatic rings. The normalized spacial score (nSPS) is 24.4. The summed E-state index contributed by atoms with van der Waals surface area (Å²) in [6.07, 6.45) is 2.67. The fraction of sp³-hybridized carbons (Fsp3) is 0.545. The summed E-state index contributed by atoms with van der Waals surface area (Å²) in [6.45, 7) is 7.21. The second kappa shape index (κ2) is 10.3. The summed E-state index contributed by atoms with van der Waals surface area (Å²) in [5, 5.41) is 18.3. The molecule has 3 atom stereocenters. The number of carboxylic acid groups (broad SMARTS) is 1. The van der Waals surface area contributed by atoms with Crippen molar-refractivity contribution in [2.45, 2.75) is 44.9 Å². The number of aliphatic hydroxyl groups is 1. The van der Waals surface area contributed by atoms with Crippen LogP contribution in [0.5, 0.6) is 5.75 Å². The molecule has 2 rings (SSSR count). The van der Waals surface area contributed by atoms with Gasteiger partial charge in [-0.05, 0) is 55.7 Å². The van der Waals surface area contributed by atoms with Crippen molar-refractivity contribution >= 4 is 12.4 Å². The minimum atomic E-state index is -0.880. The quantitative estimate of drug-likeness (QED) is 0.341. The summed E-state index contributed by atoms with van der Waals surface area (Å²) in [6, 6.07) is 7.81. The Kier molecular flexibility index (Phi) is 8.05. The molecule has 2 N–H and O–H groups in total.